The van der Waals surface area contributed by atoms with E-state index in [-0.39, 0.29) is 0 Å². The van der Waals surface area contributed by atoms with Crippen LogP contribution in [0.5, 0.6) is 0 Å². The SMILES string of the molecule is CCc1cc(CCCCI)cc(CC)c1N. The Morgan fingerprint density at radius 1 is 1.06 bits per heavy atom. The van der Waals surface area contributed by atoms with Crippen molar-refractivity contribution >= 4 is 28.3 Å². The maximum Gasteiger partial charge on any atom is 0.0379 e. The zero-order chi connectivity index (χ0) is 12.0. The number of alkyl halides is 1. The topological polar surface area (TPSA) is 26.0 Å². The molecule has 0 fully saturated rings. The van der Waals surface area contributed by atoms with Crippen LogP contribution in [0.4, 0.5) is 5.69 Å². The molecule has 90 valence electrons. The van der Waals surface area contributed by atoms with E-state index in [9.17, 15) is 0 Å². The number of unbranched alkanes of at least 4 members (excludes halogenated alkanes) is 1. The van der Waals surface area contributed by atoms with Crippen molar-refractivity contribution in [3.05, 3.63) is 28.8 Å². The Balaban J connectivity index is 2.84. The lowest BCUT2D eigenvalue weighted by Crippen LogP contribution is -2.01. The molecule has 1 aromatic carbocycles. The van der Waals surface area contributed by atoms with E-state index in [0.717, 1.165) is 18.5 Å². The number of hydrogen-bond acceptors (Lipinski definition) is 1. The lowest BCUT2D eigenvalue weighted by Gasteiger charge is -2.12. The van der Waals surface area contributed by atoms with Crippen LogP contribution in [-0.4, -0.2) is 4.43 Å². The van der Waals surface area contributed by atoms with Crippen molar-refractivity contribution < 1.29 is 0 Å². The van der Waals surface area contributed by atoms with Gasteiger partial charge in [-0.15, -0.1) is 0 Å². The van der Waals surface area contributed by atoms with Gasteiger partial charge in [0.25, 0.3) is 0 Å². The summed E-state index contributed by atoms with van der Waals surface area (Å²) in [6, 6.07) is 4.59. The van der Waals surface area contributed by atoms with Gasteiger partial charge in [-0.2, -0.15) is 0 Å². The highest BCUT2D eigenvalue weighted by atomic mass is 127. The van der Waals surface area contributed by atoms with Crippen molar-refractivity contribution in [2.75, 3.05) is 10.2 Å². The molecular weight excluding hydrogens is 309 g/mol. The molecule has 0 amide bonds. The summed E-state index contributed by atoms with van der Waals surface area (Å²) in [6.07, 6.45) is 5.88. The summed E-state index contributed by atoms with van der Waals surface area (Å²) in [5.74, 6) is 0. The molecule has 0 atom stereocenters. The number of aryl methyl sites for hydroxylation is 3. The Bertz CT molecular complexity index is 309. The zero-order valence-electron chi connectivity index (χ0n) is 10.4. The van der Waals surface area contributed by atoms with Crippen LogP contribution in [0.1, 0.15) is 43.4 Å². The molecule has 1 nitrogen and oxygen atoms in total. The van der Waals surface area contributed by atoms with Crippen molar-refractivity contribution in [3.63, 3.8) is 0 Å². The van der Waals surface area contributed by atoms with Gasteiger partial charge in [0.15, 0.2) is 0 Å². The van der Waals surface area contributed by atoms with E-state index < -0.39 is 0 Å². The molecular formula is C14H22IN. The lowest BCUT2D eigenvalue weighted by atomic mass is 9.97. The van der Waals surface area contributed by atoms with Gasteiger partial charge in [0.2, 0.25) is 0 Å². The monoisotopic (exact) mass is 331 g/mol. The van der Waals surface area contributed by atoms with Crippen LogP contribution in [0.25, 0.3) is 0 Å². The summed E-state index contributed by atoms with van der Waals surface area (Å²) in [5, 5.41) is 0. The fraction of sp³-hybridized carbons (Fsp3) is 0.571. The van der Waals surface area contributed by atoms with Gasteiger partial charge in [-0.3, -0.25) is 0 Å². The van der Waals surface area contributed by atoms with Crippen LogP contribution in [0, 0.1) is 0 Å². The Labute approximate surface area is 113 Å². The van der Waals surface area contributed by atoms with Gasteiger partial charge in [-0.1, -0.05) is 48.6 Å². The maximum absolute atomic E-state index is 6.13. The molecule has 0 heterocycles. The van der Waals surface area contributed by atoms with Gasteiger partial charge in [0, 0.05) is 5.69 Å². The molecule has 1 rings (SSSR count). The van der Waals surface area contributed by atoms with Crippen molar-refractivity contribution in [2.24, 2.45) is 0 Å². The molecule has 0 saturated carbocycles. The van der Waals surface area contributed by atoms with E-state index >= 15 is 0 Å². The quantitative estimate of drug-likeness (QED) is 0.360. The molecule has 0 aliphatic heterocycles. The van der Waals surface area contributed by atoms with E-state index in [1.807, 2.05) is 0 Å². The van der Waals surface area contributed by atoms with Gasteiger partial charge in [-0.25, -0.2) is 0 Å². The van der Waals surface area contributed by atoms with Crippen molar-refractivity contribution in [2.45, 2.75) is 46.0 Å². The zero-order valence-corrected chi connectivity index (χ0v) is 12.5. The highest BCUT2D eigenvalue weighted by Crippen LogP contribution is 2.22. The maximum atomic E-state index is 6.13. The van der Waals surface area contributed by atoms with Crippen molar-refractivity contribution in [1.82, 2.24) is 0 Å². The Morgan fingerprint density at radius 2 is 1.62 bits per heavy atom. The Morgan fingerprint density at radius 3 is 2.06 bits per heavy atom. The minimum absolute atomic E-state index is 1.02. The first kappa shape index (κ1) is 13.8. The molecule has 0 spiro atoms. The second kappa shape index (κ2) is 7.15. The molecule has 0 saturated heterocycles. The standard InChI is InChI=1S/C14H22IN/c1-3-12-9-11(7-5-6-8-15)10-13(4-2)14(12)16/h9-10H,3-8,16H2,1-2H3. The van der Waals surface area contributed by atoms with E-state index in [4.69, 9.17) is 5.73 Å². The number of nitrogen functional groups attached to an aromatic ring is 1. The number of rotatable bonds is 6. The first-order chi connectivity index (χ1) is 7.72. The third kappa shape index (κ3) is 3.65. The molecule has 0 unspecified atom stereocenters. The van der Waals surface area contributed by atoms with E-state index in [1.54, 1.807) is 0 Å². The van der Waals surface area contributed by atoms with Gasteiger partial charge in [-0.05, 0) is 53.2 Å². The van der Waals surface area contributed by atoms with Crippen molar-refractivity contribution in [3.8, 4) is 0 Å². The fourth-order valence-corrected chi connectivity index (χ4v) is 2.54. The third-order valence-corrected chi connectivity index (χ3v) is 3.78. The molecule has 16 heavy (non-hydrogen) atoms. The molecule has 0 aliphatic carbocycles. The van der Waals surface area contributed by atoms with Crippen LogP contribution in [0.2, 0.25) is 0 Å². The average Bonchev–Trinajstić information content (AvgIpc) is 2.31. The minimum atomic E-state index is 1.02. The number of benzene rings is 1. The summed E-state index contributed by atoms with van der Waals surface area (Å²) in [4.78, 5) is 0. The predicted molar refractivity (Wildman–Crippen MR) is 81.4 cm³/mol. The Hall–Kier alpha value is -0.250. The molecule has 2 heteroatoms. The smallest absolute Gasteiger partial charge is 0.0379 e. The number of nitrogens with two attached hydrogens (primary N) is 1. The summed E-state index contributed by atoms with van der Waals surface area (Å²) in [6.45, 7) is 4.36. The molecule has 0 bridgehead atoms. The predicted octanol–water partition coefficient (Wildman–Crippen LogP) is 4.15. The van der Waals surface area contributed by atoms with Crippen LogP contribution in [0.3, 0.4) is 0 Å². The van der Waals surface area contributed by atoms with Gasteiger partial charge in [0.1, 0.15) is 0 Å². The van der Waals surface area contributed by atoms with Crippen LogP contribution in [-0.2, 0) is 19.3 Å². The first-order valence-corrected chi connectivity index (χ1v) is 7.71. The van der Waals surface area contributed by atoms with E-state index in [0.29, 0.717) is 0 Å². The number of anilines is 1. The van der Waals surface area contributed by atoms with E-state index in [2.05, 4.69) is 48.6 Å². The Kier molecular flexibility index (Phi) is 6.17. The largest absolute Gasteiger partial charge is 0.398 e. The lowest BCUT2D eigenvalue weighted by molar-refractivity contribution is 0.806. The number of halogens is 1. The summed E-state index contributed by atoms with van der Waals surface area (Å²) in [5.41, 5.74) is 11.3. The summed E-state index contributed by atoms with van der Waals surface area (Å²) >= 11 is 2.44. The molecule has 0 radical (unpaired) electrons. The normalized spacial score (nSPS) is 10.7. The number of hydrogen-bond donors (Lipinski definition) is 1. The molecule has 1 aromatic rings. The summed E-state index contributed by atoms with van der Waals surface area (Å²) in [7, 11) is 0. The average molecular weight is 331 g/mol. The fourth-order valence-electron chi connectivity index (χ4n) is 2.00. The molecule has 0 aliphatic rings. The minimum Gasteiger partial charge on any atom is -0.398 e. The van der Waals surface area contributed by atoms with Crippen LogP contribution in [0.15, 0.2) is 12.1 Å². The van der Waals surface area contributed by atoms with Crippen molar-refractivity contribution in [1.29, 1.82) is 0 Å². The second-order valence-electron chi connectivity index (χ2n) is 4.18. The van der Waals surface area contributed by atoms with Gasteiger partial charge < -0.3 is 5.73 Å². The van der Waals surface area contributed by atoms with E-state index in [1.165, 1.54) is 40.4 Å². The van der Waals surface area contributed by atoms with Gasteiger partial charge in [0.05, 0.1) is 0 Å². The first-order valence-electron chi connectivity index (χ1n) is 6.19. The molecule has 2 N–H and O–H groups in total. The third-order valence-electron chi connectivity index (χ3n) is 3.02. The highest BCUT2D eigenvalue weighted by Gasteiger charge is 2.05. The van der Waals surface area contributed by atoms with Gasteiger partial charge >= 0.3 is 0 Å². The highest BCUT2D eigenvalue weighted by molar-refractivity contribution is 14.1. The van der Waals surface area contributed by atoms with Crippen LogP contribution >= 0.6 is 22.6 Å². The summed E-state index contributed by atoms with van der Waals surface area (Å²) < 4.78 is 1.26. The second-order valence-corrected chi connectivity index (χ2v) is 5.26. The van der Waals surface area contributed by atoms with Crippen LogP contribution < -0.4 is 5.73 Å². The molecule has 0 aromatic heterocycles.